The molecule has 0 aliphatic heterocycles. The Bertz CT molecular complexity index is 491. The molecule has 0 spiro atoms. The third kappa shape index (κ3) is 5.03. The van der Waals surface area contributed by atoms with Crippen molar-refractivity contribution in [3.05, 3.63) is 33.8 Å². The fourth-order valence-corrected chi connectivity index (χ4v) is 1.22. The first-order valence-corrected chi connectivity index (χ1v) is 5.50. The van der Waals surface area contributed by atoms with Gasteiger partial charge in [-0.25, -0.2) is 5.43 Å². The lowest BCUT2D eigenvalue weighted by Crippen LogP contribution is -2.34. The van der Waals surface area contributed by atoms with Gasteiger partial charge in [0.25, 0.3) is 0 Å². The van der Waals surface area contributed by atoms with Crippen LogP contribution in [0.5, 0.6) is 0 Å². The molecule has 0 fully saturated rings. The quantitative estimate of drug-likeness (QED) is 0.441. The topological polar surface area (TPSA) is 86.6 Å². The maximum Gasteiger partial charge on any atom is 0.329 e. The van der Waals surface area contributed by atoms with Crippen molar-refractivity contribution < 1.29 is 9.63 Å². The average molecular weight is 289 g/mol. The van der Waals surface area contributed by atoms with Crippen LogP contribution in [0.4, 0.5) is 0 Å². The average Bonchev–Trinajstić information content (AvgIpc) is 2.31. The SMILES string of the molecule is CC(=O)ONC(=N)NN=Cc1ccc(Cl)c(Cl)c1. The zero-order chi connectivity index (χ0) is 13.5. The number of hydrazone groups is 1. The highest BCUT2D eigenvalue weighted by Gasteiger charge is 1.98. The van der Waals surface area contributed by atoms with E-state index >= 15 is 0 Å². The van der Waals surface area contributed by atoms with Crippen LogP contribution >= 0.6 is 23.2 Å². The van der Waals surface area contributed by atoms with Gasteiger partial charge in [-0.05, 0) is 17.7 Å². The largest absolute Gasteiger partial charge is 0.341 e. The van der Waals surface area contributed by atoms with Gasteiger partial charge >= 0.3 is 5.97 Å². The molecular weight excluding hydrogens is 279 g/mol. The molecule has 0 heterocycles. The standard InChI is InChI=1S/C10H10Cl2N4O2/c1-6(17)18-16-10(13)15-14-5-7-2-3-8(11)9(12)4-7/h2-5H,1H3,(H3,13,15,16). The molecule has 0 radical (unpaired) electrons. The molecule has 3 N–H and O–H groups in total. The number of halogens is 2. The van der Waals surface area contributed by atoms with Crippen LogP contribution < -0.4 is 10.9 Å². The Balaban J connectivity index is 2.47. The van der Waals surface area contributed by atoms with Crippen LogP contribution in [-0.4, -0.2) is 18.1 Å². The lowest BCUT2D eigenvalue weighted by molar-refractivity contribution is -0.145. The Morgan fingerprint density at radius 1 is 1.44 bits per heavy atom. The molecule has 6 nitrogen and oxygen atoms in total. The van der Waals surface area contributed by atoms with E-state index in [-0.39, 0.29) is 5.96 Å². The normalized spacial score (nSPS) is 10.2. The van der Waals surface area contributed by atoms with Crippen LogP contribution in [-0.2, 0) is 9.63 Å². The van der Waals surface area contributed by atoms with Crippen LogP contribution in [0.15, 0.2) is 23.3 Å². The molecule has 0 bridgehead atoms. The molecule has 0 aliphatic carbocycles. The van der Waals surface area contributed by atoms with Gasteiger partial charge in [0.05, 0.1) is 16.3 Å². The summed E-state index contributed by atoms with van der Waals surface area (Å²) in [6, 6.07) is 4.97. The first-order valence-electron chi connectivity index (χ1n) is 4.75. The minimum absolute atomic E-state index is 0.276. The Kier molecular flexibility index (Phi) is 5.41. The number of hydrogen-bond donors (Lipinski definition) is 3. The van der Waals surface area contributed by atoms with Gasteiger partial charge in [-0.2, -0.15) is 10.6 Å². The van der Waals surface area contributed by atoms with Crippen LogP contribution in [0.1, 0.15) is 12.5 Å². The fourth-order valence-electron chi connectivity index (χ4n) is 0.910. The second kappa shape index (κ2) is 6.83. The van der Waals surface area contributed by atoms with Crippen molar-refractivity contribution in [2.75, 3.05) is 0 Å². The number of nitrogens with zero attached hydrogens (tertiary/aromatic N) is 1. The van der Waals surface area contributed by atoms with Gasteiger partial charge < -0.3 is 4.84 Å². The third-order valence-electron chi connectivity index (χ3n) is 1.63. The Morgan fingerprint density at radius 3 is 2.78 bits per heavy atom. The van der Waals surface area contributed by atoms with Crippen molar-refractivity contribution in [2.24, 2.45) is 5.10 Å². The predicted molar refractivity (Wildman–Crippen MR) is 69.8 cm³/mol. The summed E-state index contributed by atoms with van der Waals surface area (Å²) >= 11 is 11.6. The minimum Gasteiger partial charge on any atom is -0.341 e. The van der Waals surface area contributed by atoms with E-state index in [0.717, 1.165) is 0 Å². The Morgan fingerprint density at radius 2 is 2.17 bits per heavy atom. The molecule has 0 saturated heterocycles. The second-order valence-electron chi connectivity index (χ2n) is 3.11. The number of nitrogens with one attached hydrogen (secondary N) is 3. The molecule has 96 valence electrons. The number of rotatable bonds is 2. The highest BCUT2D eigenvalue weighted by Crippen LogP contribution is 2.21. The highest BCUT2D eigenvalue weighted by atomic mass is 35.5. The summed E-state index contributed by atoms with van der Waals surface area (Å²) in [6.45, 7) is 1.21. The van der Waals surface area contributed by atoms with Crippen LogP contribution in [0.2, 0.25) is 10.0 Å². The van der Waals surface area contributed by atoms with Crippen LogP contribution in [0.25, 0.3) is 0 Å². The minimum atomic E-state index is -0.560. The van der Waals surface area contributed by atoms with Crippen molar-refractivity contribution in [3.63, 3.8) is 0 Å². The van der Waals surface area contributed by atoms with E-state index in [1.807, 2.05) is 0 Å². The number of carbonyl (C=O) groups excluding carboxylic acids is 1. The maximum atomic E-state index is 10.4. The van der Waals surface area contributed by atoms with Gasteiger partial charge in [-0.3, -0.25) is 10.2 Å². The number of benzene rings is 1. The predicted octanol–water partition coefficient (Wildman–Crippen LogP) is 1.92. The summed E-state index contributed by atoms with van der Waals surface area (Å²) in [5.74, 6) is -0.837. The maximum absolute atomic E-state index is 10.4. The molecule has 0 unspecified atom stereocenters. The van der Waals surface area contributed by atoms with Gasteiger partial charge in [-0.15, -0.1) is 0 Å². The second-order valence-corrected chi connectivity index (χ2v) is 3.93. The molecular formula is C10H10Cl2N4O2. The van der Waals surface area contributed by atoms with Gasteiger partial charge in [0, 0.05) is 6.92 Å². The number of hydrogen-bond acceptors (Lipinski definition) is 4. The highest BCUT2D eigenvalue weighted by molar-refractivity contribution is 6.42. The molecule has 0 atom stereocenters. The van der Waals surface area contributed by atoms with Crippen LogP contribution in [0, 0.1) is 5.41 Å². The lowest BCUT2D eigenvalue weighted by atomic mass is 10.2. The van der Waals surface area contributed by atoms with E-state index < -0.39 is 5.97 Å². The van der Waals surface area contributed by atoms with Crippen molar-refractivity contribution in [1.29, 1.82) is 5.41 Å². The van der Waals surface area contributed by atoms with Crippen molar-refractivity contribution in [1.82, 2.24) is 10.9 Å². The summed E-state index contributed by atoms with van der Waals surface area (Å²) in [6.07, 6.45) is 1.44. The summed E-state index contributed by atoms with van der Waals surface area (Å²) in [5, 5.41) is 11.9. The molecule has 18 heavy (non-hydrogen) atoms. The molecule has 0 aromatic heterocycles. The van der Waals surface area contributed by atoms with E-state index in [0.29, 0.717) is 15.6 Å². The fraction of sp³-hybridized carbons (Fsp3) is 0.100. The zero-order valence-electron chi connectivity index (χ0n) is 9.33. The molecule has 0 amide bonds. The lowest BCUT2D eigenvalue weighted by Gasteiger charge is -2.04. The van der Waals surface area contributed by atoms with Gasteiger partial charge in [0.15, 0.2) is 0 Å². The first kappa shape index (κ1) is 14.3. The van der Waals surface area contributed by atoms with E-state index in [1.165, 1.54) is 13.1 Å². The van der Waals surface area contributed by atoms with E-state index in [2.05, 4.69) is 20.8 Å². The van der Waals surface area contributed by atoms with Crippen LogP contribution in [0.3, 0.4) is 0 Å². The Labute approximate surface area is 113 Å². The van der Waals surface area contributed by atoms with Gasteiger partial charge in [-0.1, -0.05) is 29.3 Å². The molecule has 1 rings (SSSR count). The summed E-state index contributed by atoms with van der Waals surface area (Å²) < 4.78 is 0. The monoisotopic (exact) mass is 288 g/mol. The molecule has 0 aliphatic rings. The van der Waals surface area contributed by atoms with Crippen molar-refractivity contribution in [3.8, 4) is 0 Å². The molecule has 1 aromatic rings. The van der Waals surface area contributed by atoms with Crippen molar-refractivity contribution >= 4 is 41.3 Å². The zero-order valence-corrected chi connectivity index (χ0v) is 10.8. The van der Waals surface area contributed by atoms with Gasteiger partial charge in [0.1, 0.15) is 0 Å². The number of carbonyl (C=O) groups is 1. The molecule has 1 aromatic carbocycles. The van der Waals surface area contributed by atoms with E-state index in [1.54, 1.807) is 18.2 Å². The summed E-state index contributed by atoms with van der Waals surface area (Å²) in [4.78, 5) is 14.8. The smallest absolute Gasteiger partial charge is 0.329 e. The first-order chi connectivity index (χ1) is 8.49. The molecule has 8 heteroatoms. The molecule has 0 saturated carbocycles. The van der Waals surface area contributed by atoms with E-state index in [4.69, 9.17) is 28.6 Å². The van der Waals surface area contributed by atoms with Crippen molar-refractivity contribution in [2.45, 2.75) is 6.92 Å². The van der Waals surface area contributed by atoms with Gasteiger partial charge in [0.2, 0.25) is 5.96 Å². The summed E-state index contributed by atoms with van der Waals surface area (Å²) in [7, 11) is 0. The third-order valence-corrected chi connectivity index (χ3v) is 2.37. The Hall–Kier alpha value is -1.79. The van der Waals surface area contributed by atoms with E-state index in [9.17, 15) is 4.79 Å². The summed E-state index contributed by atoms with van der Waals surface area (Å²) in [5.41, 5.74) is 5.07. The number of guanidine groups is 1. The number of hydroxylamine groups is 1.